The Kier molecular flexibility index (Phi) is 12.8. The van der Waals surface area contributed by atoms with E-state index in [0.717, 1.165) is 57.5 Å². The smallest absolute Gasteiger partial charge is 0.231 e. The van der Waals surface area contributed by atoms with Crippen LogP contribution in [0.3, 0.4) is 0 Å². The van der Waals surface area contributed by atoms with Crippen molar-refractivity contribution in [1.82, 2.24) is 0 Å². The van der Waals surface area contributed by atoms with E-state index in [0.29, 0.717) is 37.3 Å². The van der Waals surface area contributed by atoms with Crippen LogP contribution >= 0.6 is 0 Å². The van der Waals surface area contributed by atoms with E-state index >= 15 is 0 Å². The Labute approximate surface area is 307 Å². The number of methoxy groups -OCH3 is 2. The van der Waals surface area contributed by atoms with Gasteiger partial charge < -0.3 is 47.4 Å². The number of hydrogen-bond acceptors (Lipinski definition) is 10. The quantitative estimate of drug-likeness (QED) is 0.192. The van der Waals surface area contributed by atoms with Gasteiger partial charge in [-0.3, -0.25) is 0 Å². The van der Waals surface area contributed by atoms with Crippen LogP contribution in [0.25, 0.3) is 0 Å². The zero-order valence-electron chi connectivity index (χ0n) is 32.0. The summed E-state index contributed by atoms with van der Waals surface area (Å²) in [6.07, 6.45) is 0. The number of hydrogen-bond donors (Lipinski definition) is 0. The van der Waals surface area contributed by atoms with Crippen LogP contribution in [0.2, 0.25) is 0 Å². The van der Waals surface area contributed by atoms with Crippen LogP contribution in [0.1, 0.15) is 101 Å². The van der Waals surface area contributed by atoms with E-state index < -0.39 is 0 Å². The standard InChI is InChI=1S/2C11H14O3.2C10H12O2/c2*1-7(2)8-4-9(12-3)11-10(5-8)13-6-14-11;1-7(2)8-3-4-9-10(5-8)12-6-11-9;1-7(2)8-4-3-5-9-10(8)12-6-11-9/h2*4-5,7H,6H2,1-3H3;2*3-5,7H,6H2,1-2H3. The molecule has 4 aromatic rings. The lowest BCUT2D eigenvalue weighted by Crippen LogP contribution is -1.95. The largest absolute Gasteiger partial charge is 0.493 e. The average Bonchev–Trinajstić information content (AvgIpc) is 3.97. The molecule has 280 valence electrons. The summed E-state index contributed by atoms with van der Waals surface area (Å²) in [5.74, 6) is 9.99. The molecule has 4 aliphatic heterocycles. The van der Waals surface area contributed by atoms with Gasteiger partial charge in [-0.1, -0.05) is 73.6 Å². The molecule has 0 aliphatic carbocycles. The van der Waals surface area contributed by atoms with Crippen molar-refractivity contribution in [3.05, 3.63) is 82.9 Å². The maximum Gasteiger partial charge on any atom is 0.231 e. The van der Waals surface area contributed by atoms with Crippen molar-refractivity contribution in [2.24, 2.45) is 0 Å². The second-order valence-corrected chi connectivity index (χ2v) is 13.7. The molecule has 0 fully saturated rings. The molecule has 0 saturated carbocycles. The molecule has 0 N–H and O–H groups in total. The minimum atomic E-state index is 0.285. The molecule has 4 aromatic carbocycles. The Hall–Kier alpha value is -5.12. The van der Waals surface area contributed by atoms with Crippen LogP contribution < -0.4 is 47.4 Å². The topological polar surface area (TPSA) is 92.3 Å². The summed E-state index contributed by atoms with van der Waals surface area (Å²) in [5, 5.41) is 0. The van der Waals surface area contributed by atoms with Crippen LogP contribution in [0, 0.1) is 0 Å². The summed E-state index contributed by atoms with van der Waals surface area (Å²) in [7, 11) is 3.28. The minimum Gasteiger partial charge on any atom is -0.493 e. The van der Waals surface area contributed by atoms with E-state index in [-0.39, 0.29) is 13.6 Å². The van der Waals surface area contributed by atoms with E-state index in [1.165, 1.54) is 22.3 Å². The number of para-hydroxylation sites is 1. The first-order chi connectivity index (χ1) is 25.0. The molecule has 0 amide bonds. The Balaban J connectivity index is 0.000000134. The molecule has 52 heavy (non-hydrogen) atoms. The predicted molar refractivity (Wildman–Crippen MR) is 200 cm³/mol. The monoisotopic (exact) mass is 716 g/mol. The summed E-state index contributed by atoms with van der Waals surface area (Å²) < 4.78 is 52.9. The fourth-order valence-corrected chi connectivity index (χ4v) is 5.65. The Morgan fingerprint density at radius 1 is 0.404 bits per heavy atom. The molecule has 8 rings (SSSR count). The zero-order valence-corrected chi connectivity index (χ0v) is 32.0. The SMILES string of the molecule is CC(C)c1ccc2c(c1)OCO2.CC(C)c1cccc2c1OCO2.COc1cc(C(C)C)cc2c1OCO2.COc1cc(C(C)C)cc2c1OCO2. The van der Waals surface area contributed by atoms with E-state index in [9.17, 15) is 0 Å². The first-order valence-corrected chi connectivity index (χ1v) is 17.7. The fraction of sp³-hybridized carbons (Fsp3) is 0.429. The molecular weight excluding hydrogens is 664 g/mol. The number of benzene rings is 4. The summed E-state index contributed by atoms with van der Waals surface area (Å²) >= 11 is 0. The van der Waals surface area contributed by atoms with Gasteiger partial charge in [-0.15, -0.1) is 0 Å². The van der Waals surface area contributed by atoms with Gasteiger partial charge in [0.05, 0.1) is 14.2 Å². The lowest BCUT2D eigenvalue weighted by molar-refractivity contribution is 0.171. The van der Waals surface area contributed by atoms with Crippen LogP contribution in [0.15, 0.2) is 60.7 Å². The van der Waals surface area contributed by atoms with Crippen LogP contribution in [-0.4, -0.2) is 41.4 Å². The molecule has 10 nitrogen and oxygen atoms in total. The van der Waals surface area contributed by atoms with Gasteiger partial charge in [-0.05, 0) is 82.8 Å². The summed E-state index contributed by atoms with van der Waals surface area (Å²) in [6.45, 7) is 18.5. The van der Waals surface area contributed by atoms with Crippen molar-refractivity contribution < 1.29 is 47.4 Å². The molecular formula is C42H52O10. The molecule has 0 aromatic heterocycles. The Morgan fingerprint density at radius 2 is 0.846 bits per heavy atom. The highest BCUT2D eigenvalue weighted by Crippen LogP contribution is 2.44. The third-order valence-corrected chi connectivity index (χ3v) is 8.81. The van der Waals surface area contributed by atoms with E-state index in [1.807, 2.05) is 48.5 Å². The highest BCUT2D eigenvalue weighted by molar-refractivity contribution is 5.56. The first kappa shape index (κ1) is 38.1. The fourth-order valence-electron chi connectivity index (χ4n) is 5.65. The molecule has 4 aliphatic rings. The summed E-state index contributed by atoms with van der Waals surface area (Å²) in [5.41, 5.74) is 4.92. The van der Waals surface area contributed by atoms with Crippen molar-refractivity contribution in [2.75, 3.05) is 41.4 Å². The molecule has 10 heteroatoms. The maximum absolute atomic E-state index is 5.37. The molecule has 0 saturated heterocycles. The Morgan fingerprint density at radius 3 is 1.35 bits per heavy atom. The molecule has 0 unspecified atom stereocenters. The van der Waals surface area contributed by atoms with Gasteiger partial charge in [0.25, 0.3) is 0 Å². The van der Waals surface area contributed by atoms with Gasteiger partial charge >= 0.3 is 0 Å². The molecule has 0 radical (unpaired) electrons. The van der Waals surface area contributed by atoms with Gasteiger partial charge in [0.1, 0.15) is 0 Å². The maximum atomic E-state index is 5.37. The number of fused-ring (bicyclic) bond motifs is 4. The zero-order chi connectivity index (χ0) is 37.4. The number of rotatable bonds is 6. The van der Waals surface area contributed by atoms with Gasteiger partial charge in [0, 0.05) is 5.56 Å². The Bertz CT molecular complexity index is 1730. The van der Waals surface area contributed by atoms with Gasteiger partial charge in [0.2, 0.25) is 38.7 Å². The van der Waals surface area contributed by atoms with E-state index in [1.54, 1.807) is 14.2 Å². The van der Waals surface area contributed by atoms with Gasteiger partial charge in [-0.25, -0.2) is 0 Å². The van der Waals surface area contributed by atoms with E-state index in [2.05, 4.69) is 67.5 Å². The van der Waals surface area contributed by atoms with Crippen LogP contribution in [0.5, 0.6) is 57.5 Å². The van der Waals surface area contributed by atoms with Gasteiger partial charge in [0.15, 0.2) is 46.0 Å². The van der Waals surface area contributed by atoms with E-state index in [4.69, 9.17) is 47.4 Å². The molecule has 0 bridgehead atoms. The molecule has 0 atom stereocenters. The van der Waals surface area contributed by atoms with Crippen molar-refractivity contribution in [1.29, 1.82) is 0 Å². The van der Waals surface area contributed by atoms with Crippen LogP contribution in [-0.2, 0) is 0 Å². The highest BCUT2D eigenvalue weighted by atomic mass is 16.7. The summed E-state index contributed by atoms with van der Waals surface area (Å²) in [4.78, 5) is 0. The second kappa shape index (κ2) is 17.4. The van der Waals surface area contributed by atoms with Crippen LogP contribution in [0.4, 0.5) is 0 Å². The van der Waals surface area contributed by atoms with Crippen molar-refractivity contribution in [3.63, 3.8) is 0 Å². The number of ether oxygens (including phenoxy) is 10. The predicted octanol–water partition coefficient (Wildman–Crippen LogP) is 10.2. The average molecular weight is 717 g/mol. The lowest BCUT2D eigenvalue weighted by atomic mass is 10.0. The third-order valence-electron chi connectivity index (χ3n) is 8.81. The van der Waals surface area contributed by atoms with Crippen molar-refractivity contribution in [2.45, 2.75) is 79.1 Å². The normalized spacial score (nSPS) is 13.7. The highest BCUT2D eigenvalue weighted by Gasteiger charge is 2.22. The van der Waals surface area contributed by atoms with Crippen molar-refractivity contribution in [3.8, 4) is 57.5 Å². The van der Waals surface area contributed by atoms with Crippen molar-refractivity contribution >= 4 is 0 Å². The third kappa shape index (κ3) is 9.02. The molecule has 4 heterocycles. The molecule has 0 spiro atoms. The van der Waals surface area contributed by atoms with Gasteiger partial charge in [-0.2, -0.15) is 0 Å². The first-order valence-electron chi connectivity index (χ1n) is 17.7. The minimum absolute atomic E-state index is 0.285. The summed E-state index contributed by atoms with van der Waals surface area (Å²) in [6, 6.07) is 20.1. The lowest BCUT2D eigenvalue weighted by Gasteiger charge is -2.10. The second-order valence-electron chi connectivity index (χ2n) is 13.7.